The van der Waals surface area contributed by atoms with Crippen LogP contribution < -0.4 is 10.2 Å². The van der Waals surface area contributed by atoms with Crippen molar-refractivity contribution < 1.29 is 9.53 Å². The highest BCUT2D eigenvalue weighted by molar-refractivity contribution is 6.32. The van der Waals surface area contributed by atoms with Crippen LogP contribution in [-0.4, -0.2) is 31.8 Å². The van der Waals surface area contributed by atoms with E-state index in [9.17, 15) is 4.79 Å². The molecule has 0 atom stereocenters. The molecule has 0 aromatic heterocycles. The number of fused-ring (bicyclic) bond motifs is 1. The fourth-order valence-corrected chi connectivity index (χ4v) is 1.85. The minimum atomic E-state index is 0.152. The first-order valence-electron chi connectivity index (χ1n) is 5.49. The molecule has 16 heavy (non-hydrogen) atoms. The van der Waals surface area contributed by atoms with Crippen LogP contribution in [0.4, 0.5) is 0 Å². The monoisotopic (exact) mass is 215 g/mol. The van der Waals surface area contributed by atoms with Crippen LogP contribution in [0, 0.1) is 0 Å². The number of nitrogens with zero attached hydrogens (tertiary/aromatic N) is 1. The van der Waals surface area contributed by atoms with Crippen LogP contribution in [0.25, 0.3) is 0 Å². The lowest BCUT2D eigenvalue weighted by Crippen LogP contribution is -2.31. The third-order valence-corrected chi connectivity index (χ3v) is 2.72. The maximum Gasteiger partial charge on any atom is 0.222 e. The van der Waals surface area contributed by atoms with Gasteiger partial charge in [-0.1, -0.05) is 24.5 Å². The lowest BCUT2D eigenvalue weighted by atomic mass is 9.94. The fourth-order valence-electron chi connectivity index (χ4n) is 1.85. The lowest BCUT2D eigenvalue weighted by molar-refractivity contribution is -0.131. The Bertz CT molecular complexity index is 406. The summed E-state index contributed by atoms with van der Waals surface area (Å²) in [5.74, 6) is 0.986. The van der Waals surface area contributed by atoms with Gasteiger partial charge in [0, 0.05) is 18.5 Å². The topological polar surface area (TPSA) is 29.5 Å². The van der Waals surface area contributed by atoms with E-state index in [1.54, 1.807) is 0 Å². The van der Waals surface area contributed by atoms with Crippen molar-refractivity contribution in [3.05, 3.63) is 23.8 Å². The molecule has 0 saturated heterocycles. The van der Waals surface area contributed by atoms with E-state index in [-0.39, 0.29) is 5.91 Å². The van der Waals surface area contributed by atoms with E-state index in [1.807, 2.05) is 30.0 Å². The first-order valence-corrected chi connectivity index (χ1v) is 5.49. The average molecular weight is 215 g/mol. The van der Waals surface area contributed by atoms with E-state index in [1.165, 1.54) is 0 Å². The normalized spacial score (nSPS) is 14.9. The number of amides is 1. The predicted molar refractivity (Wildman–Crippen MR) is 63.0 cm³/mol. The number of hydrogen-bond donors (Lipinski definition) is 0. The van der Waals surface area contributed by atoms with Crippen molar-refractivity contribution in [3.8, 4) is 5.75 Å². The zero-order valence-electron chi connectivity index (χ0n) is 9.40. The summed E-state index contributed by atoms with van der Waals surface area (Å²) in [5, 5.41) is 0. The number of benzene rings is 1. The summed E-state index contributed by atoms with van der Waals surface area (Å²) in [4.78, 5) is 13.5. The molecule has 82 valence electrons. The molecule has 0 saturated carbocycles. The lowest BCUT2D eigenvalue weighted by Gasteiger charge is -2.18. The highest BCUT2D eigenvalue weighted by Crippen LogP contribution is 2.21. The molecule has 1 heterocycles. The average Bonchev–Trinajstić information content (AvgIpc) is 2.49. The molecule has 0 N–H and O–H groups in total. The number of carbonyl (C=O) groups is 1. The third kappa shape index (κ3) is 2.21. The standard InChI is InChI=1S/C12H14BNO2/c1-2-12(15)14-5-6-16-11-4-3-10(13)7-9(11)8-14/h3-4,7H,2,5-6,8H2,1H3. The van der Waals surface area contributed by atoms with Gasteiger partial charge in [-0.05, 0) is 6.07 Å². The molecule has 3 nitrogen and oxygen atoms in total. The van der Waals surface area contributed by atoms with E-state index < -0.39 is 0 Å². The van der Waals surface area contributed by atoms with E-state index >= 15 is 0 Å². The molecule has 2 radical (unpaired) electrons. The Labute approximate surface area is 96.8 Å². The number of hydrogen-bond acceptors (Lipinski definition) is 2. The number of rotatable bonds is 1. The van der Waals surface area contributed by atoms with Crippen molar-refractivity contribution in [2.45, 2.75) is 19.9 Å². The number of carbonyl (C=O) groups excluding carboxylic acids is 1. The molecular weight excluding hydrogens is 201 g/mol. The molecule has 0 aliphatic carbocycles. The Balaban J connectivity index is 2.25. The summed E-state index contributed by atoms with van der Waals surface area (Å²) in [5.41, 5.74) is 1.69. The molecule has 0 spiro atoms. The minimum Gasteiger partial charge on any atom is -0.491 e. The van der Waals surface area contributed by atoms with Crippen molar-refractivity contribution in [3.63, 3.8) is 0 Å². The Morgan fingerprint density at radius 2 is 2.38 bits per heavy atom. The second kappa shape index (κ2) is 4.60. The molecule has 1 aromatic rings. The van der Waals surface area contributed by atoms with Gasteiger partial charge in [0.05, 0.1) is 6.54 Å². The fraction of sp³-hybridized carbons (Fsp3) is 0.417. The number of ether oxygens (including phenoxy) is 1. The van der Waals surface area contributed by atoms with Crippen molar-refractivity contribution in [1.29, 1.82) is 0 Å². The summed E-state index contributed by atoms with van der Waals surface area (Å²) in [6.07, 6.45) is 0.525. The summed E-state index contributed by atoms with van der Waals surface area (Å²) in [7, 11) is 5.73. The van der Waals surface area contributed by atoms with Crippen molar-refractivity contribution in [2.24, 2.45) is 0 Å². The van der Waals surface area contributed by atoms with Gasteiger partial charge in [0.25, 0.3) is 0 Å². The molecule has 0 bridgehead atoms. The molecule has 0 unspecified atom stereocenters. The van der Waals surface area contributed by atoms with Gasteiger partial charge in [-0.25, -0.2) is 0 Å². The zero-order valence-corrected chi connectivity index (χ0v) is 9.40. The van der Waals surface area contributed by atoms with E-state index in [4.69, 9.17) is 12.6 Å². The smallest absolute Gasteiger partial charge is 0.222 e. The molecule has 2 rings (SSSR count). The second-order valence-electron chi connectivity index (χ2n) is 3.88. The van der Waals surface area contributed by atoms with Crippen LogP contribution >= 0.6 is 0 Å². The second-order valence-corrected chi connectivity index (χ2v) is 3.88. The van der Waals surface area contributed by atoms with E-state index in [2.05, 4.69) is 0 Å². The first-order chi connectivity index (χ1) is 7.70. The quantitative estimate of drug-likeness (QED) is 0.642. The van der Waals surface area contributed by atoms with Crippen molar-refractivity contribution >= 4 is 19.2 Å². The molecular formula is C12H14BNO2. The summed E-state index contributed by atoms with van der Waals surface area (Å²) in [6, 6.07) is 5.55. The van der Waals surface area contributed by atoms with Crippen LogP contribution in [0.2, 0.25) is 0 Å². The largest absolute Gasteiger partial charge is 0.491 e. The summed E-state index contributed by atoms with van der Waals surface area (Å²) < 4.78 is 5.58. The third-order valence-electron chi connectivity index (χ3n) is 2.72. The van der Waals surface area contributed by atoms with Gasteiger partial charge in [0.1, 0.15) is 20.2 Å². The summed E-state index contributed by atoms with van der Waals surface area (Å²) >= 11 is 0. The molecule has 1 aliphatic rings. The molecule has 1 amide bonds. The Hall–Kier alpha value is -1.45. The molecule has 4 heteroatoms. The molecule has 1 aliphatic heterocycles. The van der Waals surface area contributed by atoms with Crippen molar-refractivity contribution in [2.75, 3.05) is 13.2 Å². The van der Waals surface area contributed by atoms with E-state index in [0.29, 0.717) is 31.6 Å². The van der Waals surface area contributed by atoms with Crippen LogP contribution in [0.5, 0.6) is 5.75 Å². The highest BCUT2D eigenvalue weighted by Gasteiger charge is 2.18. The van der Waals surface area contributed by atoms with Gasteiger partial charge < -0.3 is 9.64 Å². The minimum absolute atomic E-state index is 0.152. The predicted octanol–water partition coefficient (Wildman–Crippen LogP) is 0.611. The first kappa shape index (κ1) is 11.1. The van der Waals surface area contributed by atoms with E-state index in [0.717, 1.165) is 11.3 Å². The van der Waals surface area contributed by atoms with Crippen molar-refractivity contribution in [1.82, 2.24) is 4.90 Å². The van der Waals surface area contributed by atoms with Crippen LogP contribution in [-0.2, 0) is 11.3 Å². The zero-order chi connectivity index (χ0) is 11.5. The van der Waals surface area contributed by atoms with Crippen LogP contribution in [0.15, 0.2) is 18.2 Å². The van der Waals surface area contributed by atoms with Crippen LogP contribution in [0.3, 0.4) is 0 Å². The summed E-state index contributed by atoms with van der Waals surface area (Å²) in [6.45, 7) is 3.64. The van der Waals surface area contributed by atoms with Gasteiger partial charge in [0.2, 0.25) is 5.91 Å². The van der Waals surface area contributed by atoms with Gasteiger partial charge in [-0.15, -0.1) is 0 Å². The Morgan fingerprint density at radius 3 is 3.12 bits per heavy atom. The van der Waals surface area contributed by atoms with Gasteiger partial charge in [-0.2, -0.15) is 0 Å². The Kier molecular flexibility index (Phi) is 3.18. The van der Waals surface area contributed by atoms with Gasteiger partial charge >= 0.3 is 0 Å². The van der Waals surface area contributed by atoms with Gasteiger partial charge in [-0.3, -0.25) is 4.79 Å². The molecule has 1 aromatic carbocycles. The SMILES string of the molecule is [B]c1ccc2c(c1)CN(C(=O)CC)CCO2. The Morgan fingerprint density at radius 1 is 1.56 bits per heavy atom. The van der Waals surface area contributed by atoms with Crippen LogP contribution in [0.1, 0.15) is 18.9 Å². The maximum absolute atomic E-state index is 11.7. The maximum atomic E-state index is 11.7. The molecule has 0 fully saturated rings. The highest BCUT2D eigenvalue weighted by atomic mass is 16.5. The van der Waals surface area contributed by atoms with Gasteiger partial charge in [0.15, 0.2) is 0 Å².